The van der Waals surface area contributed by atoms with E-state index in [4.69, 9.17) is 25.8 Å². The largest absolute Gasteiger partial charge is 0.507 e. The molecule has 0 spiro atoms. The topological polar surface area (TPSA) is 85.3 Å². The third-order valence-corrected chi connectivity index (χ3v) is 7.00. The van der Waals surface area contributed by atoms with E-state index in [1.807, 2.05) is 31.2 Å². The predicted molar refractivity (Wildman–Crippen MR) is 145 cm³/mol. The van der Waals surface area contributed by atoms with Crippen molar-refractivity contribution in [2.75, 3.05) is 18.3 Å². The van der Waals surface area contributed by atoms with Gasteiger partial charge in [-0.25, -0.2) is 0 Å². The van der Waals surface area contributed by atoms with E-state index in [9.17, 15) is 14.7 Å². The first-order valence-electron chi connectivity index (χ1n) is 12.3. The highest BCUT2D eigenvalue weighted by atomic mass is 35.5. The molecule has 1 fully saturated rings. The van der Waals surface area contributed by atoms with Gasteiger partial charge in [-0.1, -0.05) is 56.6 Å². The van der Waals surface area contributed by atoms with Crippen LogP contribution in [0.1, 0.15) is 50.4 Å². The molecule has 5 rings (SSSR count). The van der Waals surface area contributed by atoms with Crippen LogP contribution >= 0.6 is 11.6 Å². The van der Waals surface area contributed by atoms with Gasteiger partial charge in [0.15, 0.2) is 11.5 Å². The number of ketones is 1. The molecule has 0 saturated carbocycles. The number of nitrogens with zero attached hydrogens (tertiary/aromatic N) is 1. The minimum absolute atomic E-state index is 0.0632. The standard InChI is InChI=1S/C30H28ClNO6/c1-5-36-20-11-12-22(31)21(15-20)27(33)25-26(17-6-8-18(9-7-17)30(2,3)4)32(29(35)28(25)34)19-10-13-23-24(14-19)38-16-37-23/h6-15,26,33H,5,16H2,1-4H3/b27-25+. The van der Waals surface area contributed by atoms with E-state index in [1.54, 1.807) is 36.4 Å². The summed E-state index contributed by atoms with van der Waals surface area (Å²) in [6.45, 7) is 8.64. The van der Waals surface area contributed by atoms with E-state index >= 15 is 0 Å². The number of aliphatic hydroxyl groups excluding tert-OH is 1. The summed E-state index contributed by atoms with van der Waals surface area (Å²) >= 11 is 6.45. The highest BCUT2D eigenvalue weighted by molar-refractivity contribution is 6.52. The molecule has 196 valence electrons. The number of hydrogen-bond acceptors (Lipinski definition) is 6. The molecule has 0 radical (unpaired) electrons. The first-order valence-corrected chi connectivity index (χ1v) is 12.7. The number of halogens is 1. The molecule has 1 unspecified atom stereocenters. The van der Waals surface area contributed by atoms with Crippen molar-refractivity contribution in [2.45, 2.75) is 39.2 Å². The Balaban J connectivity index is 1.70. The van der Waals surface area contributed by atoms with Crippen molar-refractivity contribution in [3.05, 3.63) is 87.9 Å². The minimum Gasteiger partial charge on any atom is -0.507 e. The Kier molecular flexibility index (Phi) is 6.57. The van der Waals surface area contributed by atoms with Gasteiger partial charge in [0, 0.05) is 17.3 Å². The number of benzene rings is 3. The van der Waals surface area contributed by atoms with E-state index in [1.165, 1.54) is 4.90 Å². The Bertz CT molecular complexity index is 1450. The van der Waals surface area contributed by atoms with Crippen molar-refractivity contribution < 1.29 is 28.9 Å². The second-order valence-electron chi connectivity index (χ2n) is 10.2. The van der Waals surface area contributed by atoms with Gasteiger partial charge in [-0.15, -0.1) is 0 Å². The number of amides is 1. The molecular formula is C30H28ClNO6. The molecule has 0 aliphatic carbocycles. The lowest BCUT2D eigenvalue weighted by molar-refractivity contribution is -0.132. The predicted octanol–water partition coefficient (Wildman–Crippen LogP) is 6.39. The number of ether oxygens (including phenoxy) is 3. The number of carbonyl (C=O) groups is 2. The molecule has 2 aliphatic heterocycles. The van der Waals surface area contributed by atoms with Gasteiger partial charge in [0.2, 0.25) is 6.79 Å². The molecule has 3 aromatic carbocycles. The van der Waals surface area contributed by atoms with Gasteiger partial charge in [0.25, 0.3) is 11.7 Å². The molecule has 2 aliphatic rings. The van der Waals surface area contributed by atoms with Gasteiger partial charge < -0.3 is 19.3 Å². The summed E-state index contributed by atoms with van der Waals surface area (Å²) in [5.74, 6) is -0.456. The van der Waals surface area contributed by atoms with Gasteiger partial charge in [0.1, 0.15) is 11.5 Å². The summed E-state index contributed by atoms with van der Waals surface area (Å²) in [6, 6.07) is 16.7. The van der Waals surface area contributed by atoms with Crippen LogP contribution < -0.4 is 19.1 Å². The summed E-state index contributed by atoms with van der Waals surface area (Å²) in [7, 11) is 0. The van der Waals surface area contributed by atoms with Crippen LogP contribution in [0.3, 0.4) is 0 Å². The minimum atomic E-state index is -0.906. The fourth-order valence-electron chi connectivity index (χ4n) is 4.70. The molecule has 8 heteroatoms. The molecular weight excluding hydrogens is 506 g/mol. The number of aliphatic hydroxyl groups is 1. The summed E-state index contributed by atoms with van der Waals surface area (Å²) in [5.41, 5.74) is 2.24. The lowest BCUT2D eigenvalue weighted by Gasteiger charge is -2.27. The quantitative estimate of drug-likeness (QED) is 0.232. The van der Waals surface area contributed by atoms with Crippen molar-refractivity contribution in [2.24, 2.45) is 0 Å². The molecule has 3 aromatic rings. The maximum Gasteiger partial charge on any atom is 0.300 e. The van der Waals surface area contributed by atoms with Crippen LogP contribution in [-0.2, 0) is 15.0 Å². The second kappa shape index (κ2) is 9.72. The third-order valence-electron chi connectivity index (χ3n) is 6.68. The SMILES string of the molecule is CCOc1ccc(Cl)c(/C(O)=C2\C(=O)C(=O)N(c3ccc4c(c3)OCO4)C2c2ccc(C(C)(C)C)cc2)c1. The van der Waals surface area contributed by atoms with E-state index in [0.717, 1.165) is 5.56 Å². The lowest BCUT2D eigenvalue weighted by atomic mass is 9.85. The highest BCUT2D eigenvalue weighted by Gasteiger charge is 2.47. The zero-order valence-corrected chi connectivity index (χ0v) is 22.3. The average Bonchev–Trinajstić information content (AvgIpc) is 3.46. The first-order chi connectivity index (χ1) is 18.1. The van der Waals surface area contributed by atoms with E-state index < -0.39 is 17.7 Å². The van der Waals surface area contributed by atoms with Crippen LogP contribution in [0.25, 0.3) is 5.76 Å². The number of hydrogen-bond donors (Lipinski definition) is 1. The molecule has 1 saturated heterocycles. The van der Waals surface area contributed by atoms with Crippen LogP contribution in [0, 0.1) is 0 Å². The highest BCUT2D eigenvalue weighted by Crippen LogP contribution is 2.46. The number of carbonyl (C=O) groups excluding carboxylic acids is 2. The number of anilines is 1. The van der Waals surface area contributed by atoms with Crippen molar-refractivity contribution >= 4 is 34.7 Å². The maximum atomic E-state index is 13.5. The maximum absolute atomic E-state index is 13.5. The molecule has 2 heterocycles. The van der Waals surface area contributed by atoms with Crippen LogP contribution in [0.15, 0.2) is 66.2 Å². The van der Waals surface area contributed by atoms with Crippen LogP contribution in [0.5, 0.6) is 17.2 Å². The van der Waals surface area contributed by atoms with Crippen molar-refractivity contribution in [3.63, 3.8) is 0 Å². The monoisotopic (exact) mass is 533 g/mol. The molecule has 0 aromatic heterocycles. The van der Waals surface area contributed by atoms with Gasteiger partial charge in [-0.05, 0) is 53.8 Å². The Morgan fingerprint density at radius 2 is 1.74 bits per heavy atom. The number of fused-ring (bicyclic) bond motifs is 1. The molecule has 0 bridgehead atoms. The summed E-state index contributed by atoms with van der Waals surface area (Å²) in [6.07, 6.45) is 0. The Hall–Kier alpha value is -3.97. The Labute approximate surface area is 226 Å². The van der Waals surface area contributed by atoms with E-state index in [0.29, 0.717) is 35.1 Å². The van der Waals surface area contributed by atoms with Crippen LogP contribution in [0.4, 0.5) is 5.69 Å². The summed E-state index contributed by atoms with van der Waals surface area (Å²) in [4.78, 5) is 28.4. The zero-order valence-electron chi connectivity index (χ0n) is 21.6. The first kappa shape index (κ1) is 25.7. The Morgan fingerprint density at radius 1 is 1.03 bits per heavy atom. The van der Waals surface area contributed by atoms with E-state index in [-0.39, 0.29) is 34.1 Å². The molecule has 1 N–H and O–H groups in total. The molecule has 1 amide bonds. The molecule has 7 nitrogen and oxygen atoms in total. The summed E-state index contributed by atoms with van der Waals surface area (Å²) in [5, 5.41) is 11.7. The van der Waals surface area contributed by atoms with Gasteiger partial charge in [0.05, 0.1) is 23.2 Å². The Morgan fingerprint density at radius 3 is 2.42 bits per heavy atom. The van der Waals surface area contributed by atoms with Crippen LogP contribution in [0.2, 0.25) is 5.02 Å². The third kappa shape index (κ3) is 4.47. The number of rotatable bonds is 5. The number of Topliss-reactive ketones (excluding diaryl/α,β-unsaturated/α-hetero) is 1. The van der Waals surface area contributed by atoms with Gasteiger partial charge in [-0.3, -0.25) is 14.5 Å². The lowest BCUT2D eigenvalue weighted by Crippen LogP contribution is -2.29. The summed E-state index contributed by atoms with van der Waals surface area (Å²) < 4.78 is 16.5. The van der Waals surface area contributed by atoms with E-state index in [2.05, 4.69) is 20.8 Å². The average molecular weight is 534 g/mol. The molecule has 38 heavy (non-hydrogen) atoms. The zero-order chi connectivity index (χ0) is 27.2. The van der Waals surface area contributed by atoms with Crippen molar-refractivity contribution in [3.8, 4) is 17.2 Å². The van der Waals surface area contributed by atoms with Gasteiger partial charge in [-0.2, -0.15) is 0 Å². The fourth-order valence-corrected chi connectivity index (χ4v) is 4.91. The second-order valence-corrected chi connectivity index (χ2v) is 10.6. The fraction of sp³-hybridized carbons (Fsp3) is 0.267. The smallest absolute Gasteiger partial charge is 0.300 e. The van der Waals surface area contributed by atoms with Crippen LogP contribution in [-0.4, -0.2) is 30.2 Å². The van der Waals surface area contributed by atoms with Crippen molar-refractivity contribution in [1.29, 1.82) is 0 Å². The normalized spacial score (nSPS) is 18.2. The van der Waals surface area contributed by atoms with Gasteiger partial charge >= 0.3 is 0 Å². The molecule has 1 atom stereocenters. The van der Waals surface area contributed by atoms with Crippen molar-refractivity contribution in [1.82, 2.24) is 0 Å².